The van der Waals surface area contributed by atoms with Gasteiger partial charge in [0.15, 0.2) is 0 Å². The molecule has 23 heavy (non-hydrogen) atoms. The Morgan fingerprint density at radius 3 is 2.87 bits per heavy atom. The molecule has 1 aliphatic carbocycles. The molecule has 0 unspecified atom stereocenters. The van der Waals surface area contributed by atoms with Crippen LogP contribution >= 0.6 is 0 Å². The predicted octanol–water partition coefficient (Wildman–Crippen LogP) is 2.77. The Balaban J connectivity index is 1.70. The fourth-order valence-corrected chi connectivity index (χ4v) is 3.33. The zero-order valence-corrected chi connectivity index (χ0v) is 13.5. The van der Waals surface area contributed by atoms with E-state index in [1.54, 1.807) is 0 Å². The summed E-state index contributed by atoms with van der Waals surface area (Å²) in [6.07, 6.45) is 3.08. The van der Waals surface area contributed by atoms with E-state index in [9.17, 15) is 9.18 Å². The minimum atomic E-state index is -2.07. The van der Waals surface area contributed by atoms with Crippen molar-refractivity contribution in [1.29, 1.82) is 0 Å². The molecule has 2 aliphatic rings. The molecule has 0 saturated carbocycles. The second kappa shape index (κ2) is 5.96. The minimum Gasteiger partial charge on any atom is -0.494 e. The fourth-order valence-electron chi connectivity index (χ4n) is 3.33. The van der Waals surface area contributed by atoms with E-state index in [-0.39, 0.29) is 13.1 Å². The molecule has 0 amide bonds. The van der Waals surface area contributed by atoms with Crippen molar-refractivity contribution >= 4 is 12.0 Å². The van der Waals surface area contributed by atoms with Crippen LogP contribution in [-0.2, 0) is 11.2 Å². The van der Waals surface area contributed by atoms with Gasteiger partial charge in [0.2, 0.25) is 5.67 Å². The third kappa shape index (κ3) is 3.11. The van der Waals surface area contributed by atoms with Crippen LogP contribution in [-0.4, -0.2) is 47.9 Å². The lowest BCUT2D eigenvalue weighted by atomic mass is 9.83. The van der Waals surface area contributed by atoms with Gasteiger partial charge in [-0.25, -0.2) is 9.18 Å². The molecule has 3 rings (SSSR count). The van der Waals surface area contributed by atoms with Crippen molar-refractivity contribution in [2.24, 2.45) is 5.92 Å². The van der Waals surface area contributed by atoms with E-state index >= 15 is 0 Å². The minimum absolute atomic E-state index is 0.0253. The average molecular weight is 319 g/mol. The number of alkyl halides is 1. The summed E-state index contributed by atoms with van der Waals surface area (Å²) in [6.45, 7) is 5.35. The molecule has 0 bridgehead atoms. The molecule has 4 nitrogen and oxygen atoms in total. The van der Waals surface area contributed by atoms with E-state index in [1.165, 1.54) is 16.7 Å². The Morgan fingerprint density at radius 1 is 1.48 bits per heavy atom. The Kier molecular flexibility index (Phi) is 4.15. The second-order valence-corrected chi connectivity index (χ2v) is 6.53. The summed E-state index contributed by atoms with van der Waals surface area (Å²) in [4.78, 5) is 12.7. The van der Waals surface area contributed by atoms with Gasteiger partial charge in [0.1, 0.15) is 5.75 Å². The molecule has 1 aromatic carbocycles. The van der Waals surface area contributed by atoms with E-state index in [4.69, 9.17) is 9.84 Å². The first-order valence-corrected chi connectivity index (χ1v) is 8.02. The van der Waals surface area contributed by atoms with Gasteiger partial charge in [0.05, 0.1) is 6.61 Å². The normalized spacial score (nSPS) is 22.7. The lowest BCUT2D eigenvalue weighted by Crippen LogP contribution is -2.63. The van der Waals surface area contributed by atoms with Gasteiger partial charge < -0.3 is 9.84 Å². The number of carboxylic acid groups (broad SMARTS) is 1. The molecular weight excluding hydrogens is 297 g/mol. The van der Waals surface area contributed by atoms with Crippen LogP contribution in [0.3, 0.4) is 0 Å². The number of fused-ring (bicyclic) bond motifs is 1. The van der Waals surface area contributed by atoms with Crippen LogP contribution in [0.1, 0.15) is 25.0 Å². The maximum atomic E-state index is 13.8. The molecule has 1 fully saturated rings. The highest BCUT2D eigenvalue weighted by Crippen LogP contribution is 2.33. The number of aliphatic carboxylic acids is 1. The zero-order chi connectivity index (χ0) is 16.6. The highest BCUT2D eigenvalue weighted by molar-refractivity contribution is 5.79. The van der Waals surface area contributed by atoms with Crippen molar-refractivity contribution in [3.05, 3.63) is 34.9 Å². The number of hydrogen-bond acceptors (Lipinski definition) is 3. The zero-order valence-electron chi connectivity index (χ0n) is 13.5. The summed E-state index contributed by atoms with van der Waals surface area (Å²) < 4.78 is 19.4. The van der Waals surface area contributed by atoms with Crippen LogP contribution in [0.2, 0.25) is 0 Å². The second-order valence-electron chi connectivity index (χ2n) is 6.53. The maximum absolute atomic E-state index is 13.8. The number of halogens is 1. The Labute approximate surface area is 135 Å². The molecule has 1 heterocycles. The smallest absolute Gasteiger partial charge is 0.344 e. The number of ether oxygens (including phenoxy) is 1. The number of carbonyl (C=O) groups is 1. The third-order valence-electron chi connectivity index (χ3n) is 4.66. The highest BCUT2D eigenvalue weighted by Gasteiger charge is 2.50. The summed E-state index contributed by atoms with van der Waals surface area (Å²) in [5, 5.41) is 8.84. The summed E-state index contributed by atoms with van der Waals surface area (Å²) in [5.41, 5.74) is 1.60. The van der Waals surface area contributed by atoms with Crippen LogP contribution in [0.4, 0.5) is 4.39 Å². The summed E-state index contributed by atoms with van der Waals surface area (Å²) in [6, 6.07) is 6.11. The van der Waals surface area contributed by atoms with Crippen LogP contribution < -0.4 is 4.74 Å². The Morgan fingerprint density at radius 2 is 2.22 bits per heavy atom. The molecule has 0 radical (unpaired) electrons. The van der Waals surface area contributed by atoms with Crippen molar-refractivity contribution in [2.75, 3.05) is 26.2 Å². The summed E-state index contributed by atoms with van der Waals surface area (Å²) in [7, 11) is 0. The fraction of sp³-hybridized carbons (Fsp3) is 0.500. The van der Waals surface area contributed by atoms with Crippen molar-refractivity contribution in [3.8, 4) is 5.75 Å². The van der Waals surface area contributed by atoms with E-state index in [2.05, 4.69) is 25.1 Å². The molecule has 1 saturated heterocycles. The van der Waals surface area contributed by atoms with Gasteiger partial charge in [0.25, 0.3) is 0 Å². The van der Waals surface area contributed by atoms with Crippen molar-refractivity contribution < 1.29 is 19.0 Å². The first-order valence-electron chi connectivity index (χ1n) is 8.02. The number of hydrogen-bond donors (Lipinski definition) is 1. The van der Waals surface area contributed by atoms with Crippen molar-refractivity contribution in [1.82, 2.24) is 4.90 Å². The average Bonchev–Trinajstić information content (AvgIpc) is 2.46. The Hall–Kier alpha value is -1.88. The molecule has 124 valence electrons. The van der Waals surface area contributed by atoms with E-state index in [1.807, 2.05) is 17.9 Å². The lowest BCUT2D eigenvalue weighted by molar-refractivity contribution is -0.163. The van der Waals surface area contributed by atoms with Crippen molar-refractivity contribution in [2.45, 2.75) is 25.9 Å². The van der Waals surface area contributed by atoms with Gasteiger partial charge in [-0.15, -0.1) is 0 Å². The number of carboxylic acids is 1. The van der Waals surface area contributed by atoms with E-state index in [0.717, 1.165) is 12.2 Å². The topological polar surface area (TPSA) is 49.8 Å². The summed E-state index contributed by atoms with van der Waals surface area (Å²) in [5.74, 6) is -0.103. The van der Waals surface area contributed by atoms with Crippen molar-refractivity contribution in [3.63, 3.8) is 0 Å². The SMILES string of the molecule is CCOc1ccc2c(c1)C[C@H](C)C(CN1CC(F)(C(=O)O)C1)=C2. The number of nitrogens with zero attached hydrogens (tertiary/aromatic N) is 1. The van der Waals surface area contributed by atoms with Gasteiger partial charge in [0, 0.05) is 19.6 Å². The first-order chi connectivity index (χ1) is 10.9. The standard InChI is InChI=1S/C18H22FNO3/c1-3-23-16-5-4-13-7-15(12(2)6-14(13)8-16)9-20-10-18(19,11-20)17(21)22/h4-5,7-8,12H,3,6,9-11H2,1-2H3,(H,21,22)/t12-/m0/s1. The molecular formula is C18H22FNO3. The van der Waals surface area contributed by atoms with Crippen LogP contribution in [0.15, 0.2) is 23.8 Å². The quantitative estimate of drug-likeness (QED) is 0.907. The van der Waals surface area contributed by atoms with Crippen LogP contribution in [0, 0.1) is 5.92 Å². The molecule has 1 aromatic rings. The number of benzene rings is 1. The molecule has 0 spiro atoms. The van der Waals surface area contributed by atoms with E-state index in [0.29, 0.717) is 19.1 Å². The first kappa shape index (κ1) is 16.0. The number of rotatable bonds is 5. The molecule has 0 aromatic heterocycles. The summed E-state index contributed by atoms with van der Waals surface area (Å²) >= 11 is 0. The molecule has 1 atom stereocenters. The van der Waals surface area contributed by atoms with Crippen LogP contribution in [0.25, 0.3) is 6.08 Å². The van der Waals surface area contributed by atoms with Gasteiger partial charge in [-0.2, -0.15) is 0 Å². The highest BCUT2D eigenvalue weighted by atomic mass is 19.1. The lowest BCUT2D eigenvalue weighted by Gasteiger charge is -2.42. The van der Waals surface area contributed by atoms with E-state index < -0.39 is 11.6 Å². The van der Waals surface area contributed by atoms with Gasteiger partial charge in [-0.05, 0) is 42.5 Å². The van der Waals surface area contributed by atoms with Gasteiger partial charge in [-0.1, -0.05) is 24.6 Å². The molecule has 5 heteroatoms. The number of likely N-dealkylation sites (tertiary alicyclic amines) is 1. The Bertz CT molecular complexity index is 650. The van der Waals surface area contributed by atoms with Crippen LogP contribution in [0.5, 0.6) is 5.75 Å². The predicted molar refractivity (Wildman–Crippen MR) is 86.4 cm³/mol. The van der Waals surface area contributed by atoms with Gasteiger partial charge >= 0.3 is 5.97 Å². The largest absolute Gasteiger partial charge is 0.494 e. The van der Waals surface area contributed by atoms with Gasteiger partial charge in [-0.3, -0.25) is 4.90 Å². The monoisotopic (exact) mass is 319 g/mol. The molecule has 1 N–H and O–H groups in total. The third-order valence-corrected chi connectivity index (χ3v) is 4.66. The maximum Gasteiger partial charge on any atom is 0.344 e. The molecule has 1 aliphatic heterocycles.